The highest BCUT2D eigenvalue weighted by molar-refractivity contribution is 5.75. The zero-order valence-corrected chi connectivity index (χ0v) is 12.2. The van der Waals surface area contributed by atoms with Crippen molar-refractivity contribution in [3.63, 3.8) is 0 Å². The minimum atomic E-state index is -0.881. The maximum atomic E-state index is 11.6. The number of rotatable bonds is 5. The molecule has 1 unspecified atom stereocenters. The van der Waals surface area contributed by atoms with Crippen molar-refractivity contribution in [2.45, 2.75) is 32.2 Å². The first-order chi connectivity index (χ1) is 10.0. The maximum absolute atomic E-state index is 11.6. The summed E-state index contributed by atoms with van der Waals surface area (Å²) in [5.41, 5.74) is 1.93. The van der Waals surface area contributed by atoms with Crippen molar-refractivity contribution in [1.82, 2.24) is 4.90 Å². The molecule has 2 rings (SSSR count). The van der Waals surface area contributed by atoms with Gasteiger partial charge < -0.3 is 10.2 Å². The fourth-order valence-electron chi connectivity index (χ4n) is 2.85. The van der Waals surface area contributed by atoms with E-state index < -0.39 is 18.0 Å². The Balaban J connectivity index is 2.12. The van der Waals surface area contributed by atoms with Crippen molar-refractivity contribution in [1.29, 1.82) is 0 Å². The van der Waals surface area contributed by atoms with E-state index in [0.717, 1.165) is 12.0 Å². The van der Waals surface area contributed by atoms with Gasteiger partial charge in [0.15, 0.2) is 0 Å². The molecule has 21 heavy (non-hydrogen) atoms. The first-order valence-electron chi connectivity index (χ1n) is 7.31. The smallest absolute Gasteiger partial charge is 0.325 e. The Morgan fingerprint density at radius 2 is 1.76 bits per heavy atom. The molecule has 0 aromatic heterocycles. The number of aryl methyl sites for hydroxylation is 1. The minimum Gasteiger partial charge on any atom is -0.481 e. The van der Waals surface area contributed by atoms with Crippen molar-refractivity contribution in [3.8, 4) is 0 Å². The highest BCUT2D eigenvalue weighted by atomic mass is 16.4. The molecular formula is C16H21NO4. The molecule has 0 amide bonds. The molecule has 0 radical (unpaired) electrons. The Morgan fingerprint density at radius 3 is 2.19 bits per heavy atom. The van der Waals surface area contributed by atoms with Crippen LogP contribution in [0, 0.1) is 5.92 Å². The van der Waals surface area contributed by atoms with Gasteiger partial charge in [0.05, 0.1) is 5.92 Å². The van der Waals surface area contributed by atoms with Crippen LogP contribution in [0.15, 0.2) is 24.3 Å². The van der Waals surface area contributed by atoms with Crippen molar-refractivity contribution < 1.29 is 19.8 Å². The molecule has 1 aliphatic rings. The van der Waals surface area contributed by atoms with Crippen LogP contribution < -0.4 is 0 Å². The molecule has 1 fully saturated rings. The van der Waals surface area contributed by atoms with Crippen LogP contribution in [0.4, 0.5) is 0 Å². The lowest BCUT2D eigenvalue weighted by Gasteiger charge is -2.34. The van der Waals surface area contributed by atoms with E-state index in [0.29, 0.717) is 25.9 Å². The lowest BCUT2D eigenvalue weighted by molar-refractivity contribution is -0.146. The van der Waals surface area contributed by atoms with Crippen molar-refractivity contribution in [2.24, 2.45) is 5.92 Å². The van der Waals surface area contributed by atoms with Gasteiger partial charge in [-0.2, -0.15) is 0 Å². The Labute approximate surface area is 124 Å². The molecule has 0 saturated carbocycles. The van der Waals surface area contributed by atoms with Gasteiger partial charge in [-0.25, -0.2) is 0 Å². The van der Waals surface area contributed by atoms with E-state index in [1.807, 2.05) is 29.2 Å². The summed E-state index contributed by atoms with van der Waals surface area (Å²) < 4.78 is 0. The zero-order valence-electron chi connectivity index (χ0n) is 12.2. The number of carboxylic acid groups (broad SMARTS) is 2. The van der Waals surface area contributed by atoms with E-state index in [-0.39, 0.29) is 5.92 Å². The van der Waals surface area contributed by atoms with Gasteiger partial charge in [0, 0.05) is 13.1 Å². The number of piperidine rings is 1. The Hall–Kier alpha value is -1.88. The van der Waals surface area contributed by atoms with Crippen LogP contribution in [0.3, 0.4) is 0 Å². The first kappa shape index (κ1) is 15.5. The summed E-state index contributed by atoms with van der Waals surface area (Å²) in [5.74, 6) is -2.01. The molecule has 5 heteroatoms. The number of nitrogens with zero attached hydrogens (tertiary/aromatic N) is 1. The molecule has 1 heterocycles. The van der Waals surface area contributed by atoms with Crippen LogP contribution in [0.5, 0.6) is 0 Å². The Bertz CT molecular complexity index is 504. The number of carboxylic acids is 2. The second kappa shape index (κ2) is 6.72. The Morgan fingerprint density at radius 1 is 1.19 bits per heavy atom. The number of benzene rings is 1. The van der Waals surface area contributed by atoms with E-state index in [1.54, 1.807) is 0 Å². The van der Waals surface area contributed by atoms with Crippen molar-refractivity contribution >= 4 is 11.9 Å². The van der Waals surface area contributed by atoms with Gasteiger partial charge in [-0.3, -0.25) is 14.5 Å². The van der Waals surface area contributed by atoms with Gasteiger partial charge in [0.1, 0.15) is 6.04 Å². The van der Waals surface area contributed by atoms with E-state index in [1.165, 1.54) is 5.56 Å². The molecule has 1 aromatic carbocycles. The van der Waals surface area contributed by atoms with Crippen molar-refractivity contribution in [2.75, 3.05) is 13.1 Å². The molecule has 114 valence electrons. The number of aliphatic carboxylic acids is 2. The van der Waals surface area contributed by atoms with Crippen LogP contribution in [-0.4, -0.2) is 40.1 Å². The van der Waals surface area contributed by atoms with E-state index in [9.17, 15) is 14.7 Å². The average Bonchev–Trinajstić information content (AvgIpc) is 2.48. The lowest BCUT2D eigenvalue weighted by atomic mass is 9.94. The van der Waals surface area contributed by atoms with Gasteiger partial charge in [0.2, 0.25) is 0 Å². The standard InChI is InChI=1S/C16H21NO4/c1-2-11-3-5-12(6-4-11)14(16(20)21)17-9-7-13(8-10-17)15(18)19/h3-6,13-14H,2,7-10H2,1H3,(H,18,19)(H,20,21). The van der Waals surface area contributed by atoms with Gasteiger partial charge in [-0.1, -0.05) is 31.2 Å². The number of hydrogen-bond acceptors (Lipinski definition) is 3. The summed E-state index contributed by atoms with van der Waals surface area (Å²) in [6.45, 7) is 3.06. The lowest BCUT2D eigenvalue weighted by Crippen LogP contribution is -2.41. The van der Waals surface area contributed by atoms with Crippen molar-refractivity contribution in [3.05, 3.63) is 35.4 Å². The normalized spacial score (nSPS) is 18.3. The molecule has 1 aliphatic heterocycles. The fourth-order valence-corrected chi connectivity index (χ4v) is 2.85. The monoisotopic (exact) mass is 291 g/mol. The third-order valence-electron chi connectivity index (χ3n) is 4.18. The van der Waals surface area contributed by atoms with Crippen LogP contribution in [0.1, 0.15) is 36.9 Å². The predicted octanol–water partition coefficient (Wildman–Crippen LogP) is 2.17. The average molecular weight is 291 g/mol. The van der Waals surface area contributed by atoms with Crippen LogP contribution in [0.2, 0.25) is 0 Å². The summed E-state index contributed by atoms with van der Waals surface area (Å²) in [6, 6.07) is 6.94. The largest absolute Gasteiger partial charge is 0.481 e. The van der Waals surface area contributed by atoms with Gasteiger partial charge >= 0.3 is 11.9 Å². The molecule has 2 N–H and O–H groups in total. The fraction of sp³-hybridized carbons (Fsp3) is 0.500. The van der Waals surface area contributed by atoms with E-state index in [4.69, 9.17) is 5.11 Å². The summed E-state index contributed by atoms with van der Waals surface area (Å²) in [5, 5.41) is 18.5. The molecular weight excluding hydrogens is 270 g/mol. The van der Waals surface area contributed by atoms with Crippen LogP contribution in [0.25, 0.3) is 0 Å². The number of likely N-dealkylation sites (tertiary alicyclic amines) is 1. The highest BCUT2D eigenvalue weighted by Gasteiger charge is 2.32. The molecule has 0 bridgehead atoms. The second-order valence-electron chi connectivity index (χ2n) is 5.48. The summed E-state index contributed by atoms with van der Waals surface area (Å²) in [4.78, 5) is 24.4. The third kappa shape index (κ3) is 3.61. The minimum absolute atomic E-state index is 0.349. The predicted molar refractivity (Wildman–Crippen MR) is 78.1 cm³/mol. The molecule has 0 aliphatic carbocycles. The Kier molecular flexibility index (Phi) is 4.96. The number of carbonyl (C=O) groups is 2. The summed E-state index contributed by atoms with van der Waals surface area (Å²) >= 11 is 0. The third-order valence-corrected chi connectivity index (χ3v) is 4.18. The zero-order chi connectivity index (χ0) is 15.4. The summed E-state index contributed by atoms with van der Waals surface area (Å²) in [7, 11) is 0. The quantitative estimate of drug-likeness (QED) is 0.869. The SMILES string of the molecule is CCc1ccc(C(C(=O)O)N2CCC(C(=O)O)CC2)cc1. The van der Waals surface area contributed by atoms with E-state index >= 15 is 0 Å². The van der Waals surface area contributed by atoms with Gasteiger partial charge in [-0.05, 0) is 30.4 Å². The molecule has 1 saturated heterocycles. The van der Waals surface area contributed by atoms with Gasteiger partial charge in [0.25, 0.3) is 0 Å². The molecule has 1 atom stereocenters. The molecule has 5 nitrogen and oxygen atoms in total. The van der Waals surface area contributed by atoms with Crippen LogP contribution >= 0.6 is 0 Å². The highest BCUT2D eigenvalue weighted by Crippen LogP contribution is 2.27. The summed E-state index contributed by atoms with van der Waals surface area (Å²) in [6.07, 6.45) is 1.93. The molecule has 0 spiro atoms. The van der Waals surface area contributed by atoms with Crippen LogP contribution in [-0.2, 0) is 16.0 Å². The van der Waals surface area contributed by atoms with Gasteiger partial charge in [-0.15, -0.1) is 0 Å². The first-order valence-corrected chi connectivity index (χ1v) is 7.31. The number of hydrogen-bond donors (Lipinski definition) is 2. The molecule has 1 aromatic rings. The topological polar surface area (TPSA) is 77.8 Å². The maximum Gasteiger partial charge on any atom is 0.325 e. The second-order valence-corrected chi connectivity index (χ2v) is 5.48. The van der Waals surface area contributed by atoms with E-state index in [2.05, 4.69) is 6.92 Å².